The third kappa shape index (κ3) is 4.41. The Morgan fingerprint density at radius 3 is 2.55 bits per heavy atom. The van der Waals surface area contributed by atoms with Crippen LogP contribution in [0.5, 0.6) is 11.5 Å². The van der Waals surface area contributed by atoms with Crippen molar-refractivity contribution in [2.75, 3.05) is 11.9 Å². The zero-order chi connectivity index (χ0) is 21.5. The van der Waals surface area contributed by atoms with Crippen molar-refractivity contribution >= 4 is 21.6 Å². The van der Waals surface area contributed by atoms with E-state index in [4.69, 9.17) is 9.47 Å². The summed E-state index contributed by atoms with van der Waals surface area (Å²) < 4.78 is 39.8. The molecule has 2 N–H and O–H groups in total. The minimum absolute atomic E-state index is 0.0886. The van der Waals surface area contributed by atoms with E-state index in [9.17, 15) is 13.2 Å². The summed E-state index contributed by atoms with van der Waals surface area (Å²) in [6.45, 7) is 0.442. The van der Waals surface area contributed by atoms with Crippen molar-refractivity contribution in [1.29, 1.82) is 0 Å². The normalized spacial score (nSPS) is 19.4. The van der Waals surface area contributed by atoms with Crippen LogP contribution >= 0.6 is 0 Å². The topological polar surface area (TPSA) is 93.7 Å². The number of fused-ring (bicyclic) bond motifs is 1. The summed E-state index contributed by atoms with van der Waals surface area (Å²) >= 11 is 0. The number of amides is 1. The van der Waals surface area contributed by atoms with E-state index in [0.29, 0.717) is 29.6 Å². The lowest BCUT2D eigenvalue weighted by Crippen LogP contribution is -2.40. The van der Waals surface area contributed by atoms with E-state index in [1.807, 2.05) is 0 Å². The second-order valence-corrected chi connectivity index (χ2v) is 10.4. The molecule has 0 aromatic heterocycles. The molecule has 164 valence electrons. The minimum Gasteiger partial charge on any atom is -0.448 e. The van der Waals surface area contributed by atoms with Gasteiger partial charge in [0.25, 0.3) is 11.7 Å². The van der Waals surface area contributed by atoms with Gasteiger partial charge in [-0.15, -0.1) is 0 Å². The first-order valence-electron chi connectivity index (χ1n) is 10.9. The highest BCUT2D eigenvalue weighted by atomic mass is 32.2. The molecule has 0 bridgehead atoms. The Kier molecular flexibility index (Phi) is 5.14. The number of carbonyl (C=O) groups is 1. The number of rotatable bonds is 6. The summed E-state index contributed by atoms with van der Waals surface area (Å²) in [5.74, 6) is 0.792. The Hall–Kier alpha value is -2.58. The molecule has 2 aromatic rings. The fourth-order valence-electron chi connectivity index (χ4n) is 4.11. The lowest BCUT2D eigenvalue weighted by Gasteiger charge is -2.31. The zero-order valence-electron chi connectivity index (χ0n) is 17.2. The summed E-state index contributed by atoms with van der Waals surface area (Å²) in [4.78, 5) is 12.9. The highest BCUT2D eigenvalue weighted by Crippen LogP contribution is 2.46. The molecule has 2 fully saturated rings. The van der Waals surface area contributed by atoms with Crippen LogP contribution in [-0.2, 0) is 10.0 Å². The number of nitrogens with one attached hydrogen (secondary N) is 2. The van der Waals surface area contributed by atoms with Gasteiger partial charge < -0.3 is 14.8 Å². The van der Waals surface area contributed by atoms with Gasteiger partial charge in [0.1, 0.15) is 0 Å². The molecule has 3 aliphatic rings. The predicted molar refractivity (Wildman–Crippen MR) is 116 cm³/mol. The summed E-state index contributed by atoms with van der Waals surface area (Å²) in [5, 5.41) is 2.83. The molecule has 8 heteroatoms. The van der Waals surface area contributed by atoms with Gasteiger partial charge in [0.2, 0.25) is 10.0 Å². The fraction of sp³-hybridized carbons (Fsp3) is 0.435. The van der Waals surface area contributed by atoms with Crippen LogP contribution in [-0.4, -0.2) is 26.7 Å². The van der Waals surface area contributed by atoms with Gasteiger partial charge in [0, 0.05) is 36.7 Å². The molecule has 1 spiro atoms. The maximum Gasteiger partial charge on any atom is 0.255 e. The number of benzene rings is 2. The largest absolute Gasteiger partial charge is 0.448 e. The van der Waals surface area contributed by atoms with Crippen molar-refractivity contribution in [2.24, 2.45) is 5.92 Å². The third-order valence-corrected chi connectivity index (χ3v) is 7.50. The van der Waals surface area contributed by atoms with E-state index < -0.39 is 15.8 Å². The highest BCUT2D eigenvalue weighted by Gasteiger charge is 2.42. The van der Waals surface area contributed by atoms with Gasteiger partial charge in [-0.25, -0.2) is 13.1 Å². The van der Waals surface area contributed by atoms with E-state index in [2.05, 4.69) is 10.0 Å². The molecule has 1 heterocycles. The van der Waals surface area contributed by atoms with Crippen molar-refractivity contribution in [3.63, 3.8) is 0 Å². The average Bonchev–Trinajstić information content (AvgIpc) is 3.54. The SMILES string of the molecule is O=C(Nc1ccc2c(c1)OC1(CCCCC1)O2)c1cccc(S(=O)(=O)NCC2CC2)c1. The maximum absolute atomic E-state index is 12.8. The lowest BCUT2D eigenvalue weighted by atomic mass is 9.94. The molecule has 1 amide bonds. The number of hydrogen-bond donors (Lipinski definition) is 2. The van der Waals surface area contributed by atoms with Crippen LogP contribution in [0, 0.1) is 5.92 Å². The number of ether oxygens (including phenoxy) is 2. The van der Waals surface area contributed by atoms with Crippen molar-refractivity contribution in [1.82, 2.24) is 4.72 Å². The molecule has 2 saturated carbocycles. The standard InChI is InChI=1S/C23H26N2O5S/c26-22(17-5-4-6-19(13-17)31(27,28)24-15-16-7-8-16)25-18-9-10-20-21(14-18)30-23(29-20)11-2-1-3-12-23/h4-6,9-10,13-14,16,24H,1-3,7-8,11-12,15H2,(H,25,26). The van der Waals surface area contributed by atoms with Crippen molar-refractivity contribution in [3.05, 3.63) is 48.0 Å². The van der Waals surface area contributed by atoms with E-state index in [0.717, 1.165) is 38.5 Å². The van der Waals surface area contributed by atoms with Crippen LogP contribution in [0.25, 0.3) is 0 Å². The van der Waals surface area contributed by atoms with Crippen LogP contribution < -0.4 is 19.5 Å². The summed E-state index contributed by atoms with van der Waals surface area (Å²) in [6.07, 6.45) is 7.18. The van der Waals surface area contributed by atoms with E-state index in [1.165, 1.54) is 18.6 Å². The number of hydrogen-bond acceptors (Lipinski definition) is 5. The van der Waals surface area contributed by atoms with E-state index >= 15 is 0 Å². The first kappa shape index (κ1) is 20.3. The quantitative estimate of drug-likeness (QED) is 0.704. The predicted octanol–water partition coefficient (Wildman–Crippen LogP) is 4.06. The van der Waals surface area contributed by atoms with Crippen LogP contribution in [0.15, 0.2) is 47.4 Å². The van der Waals surface area contributed by atoms with Crippen LogP contribution in [0.2, 0.25) is 0 Å². The average molecular weight is 443 g/mol. The van der Waals surface area contributed by atoms with Crippen molar-refractivity contribution in [3.8, 4) is 11.5 Å². The molecule has 0 unspecified atom stereocenters. The Labute approximate surface area is 182 Å². The molecular weight excluding hydrogens is 416 g/mol. The first-order valence-corrected chi connectivity index (χ1v) is 12.3. The minimum atomic E-state index is -3.63. The fourth-order valence-corrected chi connectivity index (χ4v) is 5.27. The van der Waals surface area contributed by atoms with E-state index in [-0.39, 0.29) is 16.4 Å². The maximum atomic E-state index is 12.8. The Balaban J connectivity index is 1.28. The second kappa shape index (κ2) is 7.84. The number of sulfonamides is 1. The van der Waals surface area contributed by atoms with Gasteiger partial charge in [-0.2, -0.15) is 0 Å². The van der Waals surface area contributed by atoms with Crippen LogP contribution in [0.3, 0.4) is 0 Å². The summed E-state index contributed by atoms with van der Waals surface area (Å²) in [6, 6.07) is 11.4. The molecule has 0 saturated heterocycles. The highest BCUT2D eigenvalue weighted by molar-refractivity contribution is 7.89. The molecule has 2 aromatic carbocycles. The van der Waals surface area contributed by atoms with Gasteiger partial charge in [-0.05, 0) is 61.9 Å². The van der Waals surface area contributed by atoms with Gasteiger partial charge in [0.05, 0.1) is 4.90 Å². The van der Waals surface area contributed by atoms with Gasteiger partial charge in [-0.3, -0.25) is 4.79 Å². The van der Waals surface area contributed by atoms with E-state index in [1.54, 1.807) is 30.3 Å². The Bertz CT molecular complexity index is 1100. The van der Waals surface area contributed by atoms with Crippen LogP contribution in [0.1, 0.15) is 55.3 Å². The van der Waals surface area contributed by atoms with Crippen molar-refractivity contribution in [2.45, 2.75) is 55.6 Å². The Morgan fingerprint density at radius 1 is 1.00 bits per heavy atom. The third-order valence-electron chi connectivity index (χ3n) is 6.07. The molecule has 31 heavy (non-hydrogen) atoms. The molecule has 0 atom stereocenters. The Morgan fingerprint density at radius 2 is 1.77 bits per heavy atom. The van der Waals surface area contributed by atoms with Gasteiger partial charge in [0.15, 0.2) is 11.5 Å². The van der Waals surface area contributed by atoms with Gasteiger partial charge >= 0.3 is 0 Å². The lowest BCUT2D eigenvalue weighted by molar-refractivity contribution is -0.105. The van der Waals surface area contributed by atoms with Crippen molar-refractivity contribution < 1.29 is 22.7 Å². The molecule has 5 rings (SSSR count). The smallest absolute Gasteiger partial charge is 0.255 e. The molecule has 0 radical (unpaired) electrons. The molecule has 1 aliphatic heterocycles. The summed E-state index contributed by atoms with van der Waals surface area (Å²) in [7, 11) is -3.63. The molecular formula is C23H26N2O5S. The first-order chi connectivity index (χ1) is 14.9. The molecule has 2 aliphatic carbocycles. The van der Waals surface area contributed by atoms with Crippen LogP contribution in [0.4, 0.5) is 5.69 Å². The second-order valence-electron chi connectivity index (χ2n) is 8.61. The molecule has 7 nitrogen and oxygen atoms in total. The summed E-state index contributed by atoms with van der Waals surface area (Å²) in [5.41, 5.74) is 0.844. The monoisotopic (exact) mass is 442 g/mol. The van der Waals surface area contributed by atoms with Gasteiger partial charge in [-0.1, -0.05) is 12.5 Å². The number of carbonyl (C=O) groups excluding carboxylic acids is 1. The number of anilines is 1. The zero-order valence-corrected chi connectivity index (χ0v) is 18.0.